The molecule has 1 aromatic carbocycles. The van der Waals surface area contributed by atoms with Crippen molar-refractivity contribution in [1.29, 1.82) is 0 Å². The highest BCUT2D eigenvalue weighted by Gasteiger charge is 2.20. The lowest BCUT2D eigenvalue weighted by atomic mass is 10.0. The van der Waals surface area contributed by atoms with Crippen molar-refractivity contribution in [3.63, 3.8) is 0 Å². The molecule has 4 nitrogen and oxygen atoms in total. The van der Waals surface area contributed by atoms with Crippen LogP contribution in [0.5, 0.6) is 0 Å². The van der Waals surface area contributed by atoms with Crippen molar-refractivity contribution >= 4 is 18.3 Å². The Bertz CT molecular complexity index is 436. The molecule has 1 amide bonds. The number of hydrogen-bond donors (Lipinski definition) is 3. The van der Waals surface area contributed by atoms with E-state index in [9.17, 15) is 9.90 Å². The third-order valence-corrected chi connectivity index (χ3v) is 3.46. The van der Waals surface area contributed by atoms with E-state index in [-0.39, 0.29) is 24.9 Å². The Kier molecular flexibility index (Phi) is 6.99. The first kappa shape index (κ1) is 17.0. The van der Waals surface area contributed by atoms with Gasteiger partial charge in [-0.15, -0.1) is 12.4 Å². The van der Waals surface area contributed by atoms with E-state index < -0.39 is 6.10 Å². The molecule has 112 valence electrons. The minimum Gasteiger partial charge on any atom is -0.387 e. The monoisotopic (exact) mass is 298 g/mol. The molecular weight excluding hydrogens is 276 g/mol. The quantitative estimate of drug-likeness (QED) is 0.716. The van der Waals surface area contributed by atoms with Gasteiger partial charge in [0, 0.05) is 6.54 Å². The molecule has 1 aliphatic carbocycles. The van der Waals surface area contributed by atoms with Gasteiger partial charge in [0.15, 0.2) is 0 Å². The van der Waals surface area contributed by atoms with Crippen LogP contribution in [-0.4, -0.2) is 30.6 Å². The maximum Gasteiger partial charge on any atom is 0.234 e. The smallest absolute Gasteiger partial charge is 0.234 e. The molecule has 0 aliphatic heterocycles. The number of carbonyl (C=O) groups excluding carboxylic acids is 1. The van der Waals surface area contributed by atoms with Crippen molar-refractivity contribution in [1.82, 2.24) is 10.6 Å². The number of aliphatic hydroxyl groups is 1. The first-order chi connectivity index (χ1) is 9.16. The predicted octanol–water partition coefficient (Wildman–Crippen LogP) is 1.57. The van der Waals surface area contributed by atoms with Crippen LogP contribution >= 0.6 is 12.4 Å². The average Bonchev–Trinajstić information content (AvgIpc) is 3.20. The highest BCUT2D eigenvalue weighted by Crippen LogP contribution is 2.27. The highest BCUT2D eigenvalue weighted by molar-refractivity contribution is 5.85. The fourth-order valence-corrected chi connectivity index (χ4v) is 2.06. The summed E-state index contributed by atoms with van der Waals surface area (Å²) in [5.74, 6) is 0.707. The van der Waals surface area contributed by atoms with Crippen LogP contribution in [0.15, 0.2) is 24.3 Å². The van der Waals surface area contributed by atoms with Crippen LogP contribution < -0.4 is 10.6 Å². The van der Waals surface area contributed by atoms with Gasteiger partial charge in [0.05, 0.1) is 12.6 Å². The summed E-state index contributed by atoms with van der Waals surface area (Å²) in [4.78, 5) is 11.6. The molecule has 1 aromatic rings. The molecule has 0 heterocycles. The minimum absolute atomic E-state index is 0. The summed E-state index contributed by atoms with van der Waals surface area (Å²) in [5.41, 5.74) is 1.91. The Labute approximate surface area is 126 Å². The molecule has 1 fully saturated rings. The number of aryl methyl sites for hydroxylation is 1. The zero-order valence-electron chi connectivity index (χ0n) is 11.8. The van der Waals surface area contributed by atoms with Crippen LogP contribution in [0.4, 0.5) is 0 Å². The predicted molar refractivity (Wildman–Crippen MR) is 82.0 cm³/mol. The number of hydrogen-bond acceptors (Lipinski definition) is 3. The second kappa shape index (κ2) is 8.25. The third kappa shape index (κ3) is 5.49. The van der Waals surface area contributed by atoms with Gasteiger partial charge >= 0.3 is 0 Å². The highest BCUT2D eigenvalue weighted by atomic mass is 35.5. The first-order valence-electron chi connectivity index (χ1n) is 6.88. The Morgan fingerprint density at radius 2 is 2.10 bits per heavy atom. The van der Waals surface area contributed by atoms with Crippen molar-refractivity contribution < 1.29 is 9.90 Å². The average molecular weight is 299 g/mol. The fourth-order valence-electron chi connectivity index (χ4n) is 2.06. The van der Waals surface area contributed by atoms with Crippen molar-refractivity contribution in [2.24, 2.45) is 5.92 Å². The number of rotatable bonds is 7. The summed E-state index contributed by atoms with van der Waals surface area (Å²) in [6, 6.07) is 7.67. The lowest BCUT2D eigenvalue weighted by Gasteiger charge is -2.14. The molecule has 2 rings (SSSR count). The maximum absolute atomic E-state index is 11.6. The number of aliphatic hydroxyl groups excluding tert-OH is 1. The van der Waals surface area contributed by atoms with E-state index in [4.69, 9.17) is 0 Å². The third-order valence-electron chi connectivity index (χ3n) is 3.46. The standard InChI is InChI=1S/C15H22N2O2.ClH/c1-11-4-2-3-5-13(11)14(18)9-17-15(19)10-16-8-12-6-7-12;/h2-5,12,14,16,18H,6-10H2,1H3,(H,17,19);1H. The topological polar surface area (TPSA) is 61.4 Å². The number of carbonyl (C=O) groups is 1. The zero-order chi connectivity index (χ0) is 13.7. The van der Waals surface area contributed by atoms with Gasteiger partial charge in [-0.2, -0.15) is 0 Å². The van der Waals surface area contributed by atoms with E-state index in [0.717, 1.165) is 23.6 Å². The van der Waals surface area contributed by atoms with Gasteiger partial charge in [-0.25, -0.2) is 0 Å². The summed E-state index contributed by atoms with van der Waals surface area (Å²) < 4.78 is 0. The van der Waals surface area contributed by atoms with E-state index in [1.807, 2.05) is 31.2 Å². The summed E-state index contributed by atoms with van der Waals surface area (Å²) in [5, 5.41) is 15.9. The Morgan fingerprint density at radius 3 is 2.75 bits per heavy atom. The molecule has 20 heavy (non-hydrogen) atoms. The summed E-state index contributed by atoms with van der Waals surface area (Å²) >= 11 is 0. The second-order valence-corrected chi connectivity index (χ2v) is 5.25. The van der Waals surface area contributed by atoms with Gasteiger partial charge in [0.1, 0.15) is 0 Å². The number of halogens is 1. The number of amides is 1. The minimum atomic E-state index is -0.645. The van der Waals surface area contributed by atoms with E-state index in [1.54, 1.807) is 0 Å². The number of nitrogens with one attached hydrogen (secondary N) is 2. The van der Waals surface area contributed by atoms with Crippen LogP contribution in [0.25, 0.3) is 0 Å². The molecule has 1 aliphatic rings. The molecule has 0 radical (unpaired) electrons. The van der Waals surface area contributed by atoms with Gasteiger partial charge in [0.25, 0.3) is 0 Å². The van der Waals surface area contributed by atoms with Crippen LogP contribution in [0, 0.1) is 12.8 Å². The lowest BCUT2D eigenvalue weighted by Crippen LogP contribution is -2.36. The molecule has 1 saturated carbocycles. The summed E-state index contributed by atoms with van der Waals surface area (Å²) in [6.07, 6.45) is 1.91. The van der Waals surface area contributed by atoms with Gasteiger partial charge in [-0.1, -0.05) is 24.3 Å². The van der Waals surface area contributed by atoms with E-state index in [2.05, 4.69) is 10.6 Å². The summed E-state index contributed by atoms with van der Waals surface area (Å²) in [7, 11) is 0. The van der Waals surface area contributed by atoms with Crippen molar-refractivity contribution in [2.45, 2.75) is 25.9 Å². The molecule has 3 N–H and O–H groups in total. The molecule has 0 saturated heterocycles. The Balaban J connectivity index is 0.00000200. The summed E-state index contributed by atoms with van der Waals surface area (Å²) in [6.45, 7) is 3.47. The van der Waals surface area contributed by atoms with Gasteiger partial charge in [0.2, 0.25) is 5.91 Å². The van der Waals surface area contributed by atoms with Gasteiger partial charge < -0.3 is 15.7 Å². The van der Waals surface area contributed by atoms with Crippen molar-refractivity contribution in [3.05, 3.63) is 35.4 Å². The molecule has 5 heteroatoms. The van der Waals surface area contributed by atoms with E-state index in [0.29, 0.717) is 6.54 Å². The van der Waals surface area contributed by atoms with Crippen LogP contribution in [0.3, 0.4) is 0 Å². The molecule has 1 unspecified atom stereocenters. The van der Waals surface area contributed by atoms with Crippen LogP contribution in [-0.2, 0) is 4.79 Å². The Hall–Kier alpha value is -1.10. The molecular formula is C15H23ClN2O2. The van der Waals surface area contributed by atoms with E-state index in [1.165, 1.54) is 12.8 Å². The second-order valence-electron chi connectivity index (χ2n) is 5.25. The molecule has 0 spiro atoms. The lowest BCUT2D eigenvalue weighted by molar-refractivity contribution is -0.120. The SMILES string of the molecule is Cc1ccccc1C(O)CNC(=O)CNCC1CC1.Cl. The van der Waals surface area contributed by atoms with Crippen molar-refractivity contribution in [3.8, 4) is 0 Å². The largest absolute Gasteiger partial charge is 0.387 e. The van der Waals surface area contributed by atoms with Gasteiger partial charge in [-0.3, -0.25) is 4.79 Å². The first-order valence-corrected chi connectivity index (χ1v) is 6.88. The maximum atomic E-state index is 11.6. The van der Waals surface area contributed by atoms with E-state index >= 15 is 0 Å². The normalized spacial score (nSPS) is 15.3. The van der Waals surface area contributed by atoms with Gasteiger partial charge in [-0.05, 0) is 43.4 Å². The fraction of sp³-hybridized carbons (Fsp3) is 0.533. The number of benzene rings is 1. The van der Waals surface area contributed by atoms with Crippen molar-refractivity contribution in [2.75, 3.05) is 19.6 Å². The molecule has 1 atom stereocenters. The molecule has 0 aromatic heterocycles. The van der Waals surface area contributed by atoms with Crippen LogP contribution in [0.2, 0.25) is 0 Å². The Morgan fingerprint density at radius 1 is 1.40 bits per heavy atom. The van der Waals surface area contributed by atoms with Crippen LogP contribution in [0.1, 0.15) is 30.1 Å². The molecule has 0 bridgehead atoms. The zero-order valence-corrected chi connectivity index (χ0v) is 12.6.